The summed E-state index contributed by atoms with van der Waals surface area (Å²) in [7, 11) is 0. The molecule has 0 radical (unpaired) electrons. The minimum atomic E-state index is 0.424. The van der Waals surface area contributed by atoms with Gasteiger partial charge in [-0.3, -0.25) is 9.55 Å². The van der Waals surface area contributed by atoms with Gasteiger partial charge in [0.15, 0.2) is 4.77 Å². The third kappa shape index (κ3) is 1.80. The molecule has 4 heteroatoms. The van der Waals surface area contributed by atoms with Crippen LogP contribution in [0.4, 0.5) is 0 Å². The van der Waals surface area contributed by atoms with Crippen LogP contribution in [0.5, 0.6) is 0 Å². The molecule has 0 amide bonds. The zero-order chi connectivity index (χ0) is 11.7. The molecule has 84 valence electrons. The van der Waals surface area contributed by atoms with Crippen molar-refractivity contribution in [2.24, 2.45) is 0 Å². The predicted octanol–water partition coefficient (Wildman–Crippen LogP) is 3.36. The van der Waals surface area contributed by atoms with E-state index in [1.807, 2.05) is 18.5 Å². The summed E-state index contributed by atoms with van der Waals surface area (Å²) in [5.74, 6) is 0.424. The lowest BCUT2D eigenvalue weighted by Crippen LogP contribution is -2.04. The molecule has 0 aliphatic carbocycles. The van der Waals surface area contributed by atoms with Gasteiger partial charge in [-0.1, -0.05) is 13.8 Å². The number of pyridine rings is 1. The lowest BCUT2D eigenvalue weighted by molar-refractivity contribution is 0.779. The number of nitrogens with one attached hydrogen (secondary N) is 1. The summed E-state index contributed by atoms with van der Waals surface area (Å²) in [4.78, 5) is 7.26. The molecule has 1 N–H and O–H groups in total. The number of nitrogens with zero attached hydrogens (tertiary/aromatic N) is 2. The topological polar surface area (TPSA) is 33.6 Å². The Balaban J connectivity index is 2.69. The van der Waals surface area contributed by atoms with E-state index < -0.39 is 0 Å². The molecule has 0 aromatic carbocycles. The number of hydrogen-bond donors (Lipinski definition) is 1. The number of imidazole rings is 1. The zero-order valence-corrected chi connectivity index (χ0v) is 10.5. The average molecular weight is 233 g/mol. The number of aromatic amines is 1. The molecule has 2 rings (SSSR count). The van der Waals surface area contributed by atoms with Crippen LogP contribution in [0.25, 0.3) is 5.69 Å². The van der Waals surface area contributed by atoms with Crippen molar-refractivity contribution in [3.8, 4) is 5.69 Å². The van der Waals surface area contributed by atoms with Gasteiger partial charge in [0, 0.05) is 18.1 Å². The normalized spacial score (nSPS) is 11.0. The largest absolute Gasteiger partial charge is 0.337 e. The zero-order valence-electron chi connectivity index (χ0n) is 9.69. The van der Waals surface area contributed by atoms with Gasteiger partial charge >= 0.3 is 0 Å². The van der Waals surface area contributed by atoms with Crippen LogP contribution >= 0.6 is 12.2 Å². The van der Waals surface area contributed by atoms with E-state index in [9.17, 15) is 0 Å². The Hall–Kier alpha value is -1.42. The van der Waals surface area contributed by atoms with Gasteiger partial charge in [-0.25, -0.2) is 0 Å². The fourth-order valence-electron chi connectivity index (χ4n) is 1.75. The molecule has 0 aliphatic heterocycles. The third-order valence-electron chi connectivity index (χ3n) is 2.65. The van der Waals surface area contributed by atoms with Crippen molar-refractivity contribution >= 4 is 12.2 Å². The third-order valence-corrected chi connectivity index (χ3v) is 2.95. The van der Waals surface area contributed by atoms with Gasteiger partial charge in [0.2, 0.25) is 0 Å². The molecule has 16 heavy (non-hydrogen) atoms. The quantitative estimate of drug-likeness (QED) is 0.807. The van der Waals surface area contributed by atoms with E-state index in [0.29, 0.717) is 5.92 Å². The van der Waals surface area contributed by atoms with Crippen molar-refractivity contribution in [2.45, 2.75) is 26.7 Å². The van der Waals surface area contributed by atoms with Crippen LogP contribution < -0.4 is 0 Å². The summed E-state index contributed by atoms with van der Waals surface area (Å²) >= 11 is 5.31. The summed E-state index contributed by atoms with van der Waals surface area (Å²) in [6.07, 6.45) is 5.62. The monoisotopic (exact) mass is 233 g/mol. The number of rotatable bonds is 2. The first-order valence-corrected chi connectivity index (χ1v) is 5.73. The molecule has 2 aromatic heterocycles. The van der Waals surface area contributed by atoms with E-state index in [4.69, 9.17) is 12.2 Å². The van der Waals surface area contributed by atoms with Crippen LogP contribution in [0.1, 0.15) is 31.0 Å². The highest BCUT2D eigenvalue weighted by Gasteiger charge is 2.11. The van der Waals surface area contributed by atoms with E-state index >= 15 is 0 Å². The fraction of sp³-hybridized carbons (Fsp3) is 0.333. The van der Waals surface area contributed by atoms with Crippen LogP contribution in [0.2, 0.25) is 0 Å². The molecule has 0 atom stereocenters. The second-order valence-electron chi connectivity index (χ2n) is 4.17. The second-order valence-corrected chi connectivity index (χ2v) is 4.56. The van der Waals surface area contributed by atoms with Crippen LogP contribution in [0.15, 0.2) is 24.7 Å². The number of aromatic nitrogens is 3. The minimum Gasteiger partial charge on any atom is -0.337 e. The molecule has 0 aliphatic rings. The molecule has 0 unspecified atom stereocenters. The van der Waals surface area contributed by atoms with Gasteiger partial charge in [-0.2, -0.15) is 0 Å². The van der Waals surface area contributed by atoms with Crippen molar-refractivity contribution in [3.05, 3.63) is 40.7 Å². The maximum atomic E-state index is 5.31. The lowest BCUT2D eigenvalue weighted by atomic mass is 10.1. The van der Waals surface area contributed by atoms with E-state index in [1.165, 1.54) is 11.3 Å². The van der Waals surface area contributed by atoms with Gasteiger partial charge in [-0.05, 0) is 36.7 Å². The van der Waals surface area contributed by atoms with Crippen LogP contribution in [-0.2, 0) is 0 Å². The SMILES string of the molecule is Cc1ccncc1-n1c(C(C)C)c[nH]c1=S. The molecular weight excluding hydrogens is 218 g/mol. The number of hydrogen-bond acceptors (Lipinski definition) is 2. The standard InChI is InChI=1S/C12H15N3S/c1-8(2)10-7-14-12(16)15(10)11-6-13-5-4-9(11)3/h4-8H,1-3H3,(H,14,16). The first kappa shape index (κ1) is 11.1. The van der Waals surface area contributed by atoms with Gasteiger partial charge in [0.25, 0.3) is 0 Å². The highest BCUT2D eigenvalue weighted by Crippen LogP contribution is 2.21. The lowest BCUT2D eigenvalue weighted by Gasteiger charge is -2.12. The Morgan fingerprint density at radius 3 is 2.81 bits per heavy atom. The minimum absolute atomic E-state index is 0.424. The maximum absolute atomic E-state index is 5.31. The van der Waals surface area contributed by atoms with Gasteiger partial charge in [-0.15, -0.1) is 0 Å². The Morgan fingerprint density at radius 1 is 1.44 bits per heavy atom. The van der Waals surface area contributed by atoms with Crippen molar-refractivity contribution in [1.82, 2.24) is 14.5 Å². The Morgan fingerprint density at radius 2 is 2.19 bits per heavy atom. The first-order chi connectivity index (χ1) is 7.61. The van der Waals surface area contributed by atoms with Crippen molar-refractivity contribution in [3.63, 3.8) is 0 Å². The molecule has 0 spiro atoms. The fourth-order valence-corrected chi connectivity index (χ4v) is 2.01. The second kappa shape index (κ2) is 4.22. The summed E-state index contributed by atoms with van der Waals surface area (Å²) < 4.78 is 2.78. The summed E-state index contributed by atoms with van der Waals surface area (Å²) in [5, 5.41) is 0. The predicted molar refractivity (Wildman–Crippen MR) is 67.6 cm³/mol. The number of aryl methyl sites for hydroxylation is 1. The molecule has 0 saturated carbocycles. The maximum Gasteiger partial charge on any atom is 0.182 e. The van der Waals surface area contributed by atoms with E-state index in [0.717, 1.165) is 10.5 Å². The smallest absolute Gasteiger partial charge is 0.182 e. The molecule has 2 aromatic rings. The average Bonchev–Trinajstić information content (AvgIpc) is 2.61. The van der Waals surface area contributed by atoms with Crippen LogP contribution in [0, 0.1) is 11.7 Å². The van der Waals surface area contributed by atoms with Crippen molar-refractivity contribution in [1.29, 1.82) is 0 Å². The van der Waals surface area contributed by atoms with Crippen molar-refractivity contribution in [2.75, 3.05) is 0 Å². The molecule has 0 bridgehead atoms. The van der Waals surface area contributed by atoms with E-state index in [2.05, 4.69) is 35.3 Å². The Labute approximate surface area is 100 Å². The van der Waals surface area contributed by atoms with Crippen molar-refractivity contribution < 1.29 is 0 Å². The molecule has 3 nitrogen and oxygen atoms in total. The van der Waals surface area contributed by atoms with Crippen LogP contribution in [0.3, 0.4) is 0 Å². The molecule has 0 fully saturated rings. The van der Waals surface area contributed by atoms with Gasteiger partial charge in [0.05, 0.1) is 11.9 Å². The van der Waals surface area contributed by atoms with E-state index in [-0.39, 0.29) is 0 Å². The summed E-state index contributed by atoms with van der Waals surface area (Å²) in [6, 6.07) is 1.99. The Bertz CT molecular complexity index is 551. The highest BCUT2D eigenvalue weighted by molar-refractivity contribution is 7.71. The molecule has 2 heterocycles. The number of H-pyrrole nitrogens is 1. The molecule has 0 saturated heterocycles. The van der Waals surface area contributed by atoms with Gasteiger partial charge in [0.1, 0.15) is 0 Å². The molecular formula is C12H15N3S. The summed E-state index contributed by atoms with van der Waals surface area (Å²) in [5.41, 5.74) is 3.41. The first-order valence-electron chi connectivity index (χ1n) is 5.32. The Kier molecular flexibility index (Phi) is 2.92. The van der Waals surface area contributed by atoms with Gasteiger partial charge < -0.3 is 4.98 Å². The summed E-state index contributed by atoms with van der Waals surface area (Å²) in [6.45, 7) is 6.37. The van der Waals surface area contributed by atoms with E-state index in [1.54, 1.807) is 6.20 Å². The van der Waals surface area contributed by atoms with Crippen LogP contribution in [-0.4, -0.2) is 14.5 Å². The highest BCUT2D eigenvalue weighted by atomic mass is 32.1.